The molecule has 0 spiro atoms. The minimum absolute atomic E-state index is 0.0883. The Labute approximate surface area is 160 Å². The molecule has 2 aromatic heterocycles. The van der Waals surface area contributed by atoms with Gasteiger partial charge in [0.15, 0.2) is 0 Å². The number of ether oxygens (including phenoxy) is 1. The van der Waals surface area contributed by atoms with Crippen molar-refractivity contribution in [2.24, 2.45) is 0 Å². The lowest BCUT2D eigenvalue weighted by Gasteiger charge is -2.19. The van der Waals surface area contributed by atoms with E-state index in [9.17, 15) is 18.3 Å². The summed E-state index contributed by atoms with van der Waals surface area (Å²) in [6.07, 6.45) is -0.629. The highest BCUT2D eigenvalue weighted by molar-refractivity contribution is 5.72. The van der Waals surface area contributed by atoms with Gasteiger partial charge in [-0.05, 0) is 49.2 Å². The van der Waals surface area contributed by atoms with Gasteiger partial charge in [-0.3, -0.25) is 9.97 Å². The number of aliphatic hydroxyl groups is 1. The van der Waals surface area contributed by atoms with Gasteiger partial charge in [-0.2, -0.15) is 13.2 Å². The van der Waals surface area contributed by atoms with Crippen LogP contribution in [0.4, 0.5) is 13.2 Å². The van der Waals surface area contributed by atoms with E-state index < -0.39 is 17.8 Å². The molecular weight excluding hydrogens is 369 g/mol. The maximum absolute atomic E-state index is 13.0. The summed E-state index contributed by atoms with van der Waals surface area (Å²) in [6.45, 7) is 3.65. The molecule has 146 valence electrons. The van der Waals surface area contributed by atoms with Crippen LogP contribution in [-0.2, 0) is 6.18 Å². The minimum Gasteiger partial charge on any atom is -0.496 e. The zero-order valence-electron chi connectivity index (χ0n) is 15.6. The lowest BCUT2D eigenvalue weighted by atomic mass is 9.94. The third kappa shape index (κ3) is 3.71. The molecular formula is C21H19F3N2O2. The molecule has 0 aliphatic heterocycles. The molecule has 1 atom stereocenters. The highest BCUT2D eigenvalue weighted by Gasteiger charge is 2.31. The van der Waals surface area contributed by atoms with E-state index >= 15 is 0 Å². The van der Waals surface area contributed by atoms with E-state index in [-0.39, 0.29) is 5.75 Å². The number of hydrogen-bond donors (Lipinski definition) is 1. The molecule has 0 aliphatic carbocycles. The Morgan fingerprint density at radius 3 is 2.43 bits per heavy atom. The fourth-order valence-electron chi connectivity index (χ4n) is 3.05. The van der Waals surface area contributed by atoms with Crippen LogP contribution in [0.2, 0.25) is 0 Å². The molecule has 1 unspecified atom stereocenters. The maximum Gasteiger partial charge on any atom is 0.416 e. The molecule has 1 aromatic carbocycles. The fraction of sp³-hybridized carbons (Fsp3) is 0.238. The number of rotatable bonds is 4. The molecule has 28 heavy (non-hydrogen) atoms. The molecule has 0 aliphatic rings. The molecule has 0 fully saturated rings. The van der Waals surface area contributed by atoms with Crippen molar-refractivity contribution in [2.75, 3.05) is 7.11 Å². The topological polar surface area (TPSA) is 55.2 Å². The largest absolute Gasteiger partial charge is 0.496 e. The Morgan fingerprint density at radius 2 is 1.82 bits per heavy atom. The normalized spacial score (nSPS) is 12.7. The quantitative estimate of drug-likeness (QED) is 0.693. The molecule has 0 radical (unpaired) electrons. The second-order valence-corrected chi connectivity index (χ2v) is 6.41. The van der Waals surface area contributed by atoms with Gasteiger partial charge >= 0.3 is 6.18 Å². The van der Waals surface area contributed by atoms with E-state index in [1.54, 1.807) is 24.5 Å². The van der Waals surface area contributed by atoms with Gasteiger partial charge in [0.25, 0.3) is 0 Å². The number of benzene rings is 1. The van der Waals surface area contributed by atoms with Crippen LogP contribution in [-0.4, -0.2) is 22.2 Å². The first-order chi connectivity index (χ1) is 13.2. The summed E-state index contributed by atoms with van der Waals surface area (Å²) in [5.41, 5.74) is 2.96. The highest BCUT2D eigenvalue weighted by atomic mass is 19.4. The fourth-order valence-corrected chi connectivity index (χ4v) is 3.05. The number of alkyl halides is 3. The molecule has 0 saturated carbocycles. The van der Waals surface area contributed by atoms with Crippen molar-refractivity contribution in [1.29, 1.82) is 0 Å². The lowest BCUT2D eigenvalue weighted by molar-refractivity contribution is -0.137. The van der Waals surface area contributed by atoms with Crippen LogP contribution in [0.3, 0.4) is 0 Å². The number of halogens is 3. The van der Waals surface area contributed by atoms with E-state index in [4.69, 9.17) is 4.74 Å². The number of nitrogens with zero attached hydrogens (tertiary/aromatic N) is 2. The SMILES string of the molecule is COc1cc(C(F)(F)F)ccc1-c1ncc(C(O)c2cccnc2)c(C)c1C. The first kappa shape index (κ1) is 19.8. The second kappa shape index (κ2) is 7.59. The summed E-state index contributed by atoms with van der Waals surface area (Å²) in [7, 11) is 1.32. The number of pyridine rings is 2. The van der Waals surface area contributed by atoms with Crippen LogP contribution in [0.15, 0.2) is 48.9 Å². The first-order valence-electron chi connectivity index (χ1n) is 8.53. The predicted octanol–water partition coefficient (Wildman–Crippen LogP) is 4.87. The van der Waals surface area contributed by atoms with Crippen molar-refractivity contribution in [3.05, 3.63) is 76.7 Å². The Hall–Kier alpha value is -2.93. The maximum atomic E-state index is 13.0. The number of methoxy groups -OCH3 is 1. The zero-order chi connectivity index (χ0) is 20.5. The molecule has 0 amide bonds. The van der Waals surface area contributed by atoms with Gasteiger partial charge in [0, 0.05) is 35.3 Å². The van der Waals surface area contributed by atoms with Gasteiger partial charge in [-0.15, -0.1) is 0 Å². The molecule has 3 rings (SSSR count). The Morgan fingerprint density at radius 1 is 1.07 bits per heavy atom. The molecule has 0 bridgehead atoms. The van der Waals surface area contributed by atoms with Crippen molar-refractivity contribution in [3.8, 4) is 17.0 Å². The summed E-state index contributed by atoms with van der Waals surface area (Å²) in [4.78, 5) is 8.43. The molecule has 1 N–H and O–H groups in total. The van der Waals surface area contributed by atoms with Crippen molar-refractivity contribution in [3.63, 3.8) is 0 Å². The van der Waals surface area contributed by atoms with Gasteiger partial charge in [-0.25, -0.2) is 0 Å². The number of hydrogen-bond acceptors (Lipinski definition) is 4. The minimum atomic E-state index is -4.46. The Kier molecular flexibility index (Phi) is 5.38. The van der Waals surface area contributed by atoms with Crippen LogP contribution in [0.1, 0.15) is 33.9 Å². The standard InChI is InChI=1S/C21H19F3N2O2/c1-12-13(2)19(16-7-6-15(21(22,23)24)9-18(16)28-3)26-11-17(12)20(27)14-5-4-8-25-10-14/h4-11,20,27H,1-3H3. The van der Waals surface area contributed by atoms with E-state index in [1.807, 2.05) is 13.8 Å². The van der Waals surface area contributed by atoms with Crippen molar-refractivity contribution >= 4 is 0 Å². The molecule has 7 heteroatoms. The van der Waals surface area contributed by atoms with Crippen molar-refractivity contribution in [1.82, 2.24) is 9.97 Å². The van der Waals surface area contributed by atoms with Gasteiger partial charge in [-0.1, -0.05) is 6.07 Å². The number of aliphatic hydroxyl groups excluding tert-OH is 1. The predicted molar refractivity (Wildman–Crippen MR) is 99.0 cm³/mol. The van der Waals surface area contributed by atoms with E-state index in [0.717, 1.165) is 23.3 Å². The summed E-state index contributed by atoms with van der Waals surface area (Å²) in [6, 6.07) is 6.82. The lowest BCUT2D eigenvalue weighted by Crippen LogP contribution is -2.07. The summed E-state index contributed by atoms with van der Waals surface area (Å²) >= 11 is 0. The number of aromatic nitrogens is 2. The van der Waals surface area contributed by atoms with E-state index in [1.165, 1.54) is 19.4 Å². The molecule has 2 heterocycles. The van der Waals surface area contributed by atoms with Crippen LogP contribution in [0.25, 0.3) is 11.3 Å². The third-order valence-corrected chi connectivity index (χ3v) is 4.76. The van der Waals surface area contributed by atoms with Gasteiger partial charge in [0.2, 0.25) is 0 Å². The Balaban J connectivity index is 2.07. The monoisotopic (exact) mass is 388 g/mol. The van der Waals surface area contributed by atoms with Crippen LogP contribution in [0.5, 0.6) is 5.75 Å². The molecule has 4 nitrogen and oxygen atoms in total. The van der Waals surface area contributed by atoms with Gasteiger partial charge in [0.05, 0.1) is 18.4 Å². The summed E-state index contributed by atoms with van der Waals surface area (Å²) in [5.74, 6) is 0.0883. The smallest absolute Gasteiger partial charge is 0.416 e. The van der Waals surface area contributed by atoms with Gasteiger partial charge in [0.1, 0.15) is 11.9 Å². The van der Waals surface area contributed by atoms with Crippen molar-refractivity contribution in [2.45, 2.75) is 26.1 Å². The van der Waals surface area contributed by atoms with Crippen LogP contribution < -0.4 is 4.74 Å². The zero-order valence-corrected chi connectivity index (χ0v) is 15.6. The van der Waals surface area contributed by atoms with Crippen LogP contribution >= 0.6 is 0 Å². The van der Waals surface area contributed by atoms with E-state index in [0.29, 0.717) is 22.4 Å². The average Bonchev–Trinajstić information content (AvgIpc) is 2.69. The molecule has 0 saturated heterocycles. The first-order valence-corrected chi connectivity index (χ1v) is 8.53. The summed E-state index contributed by atoms with van der Waals surface area (Å²) in [5, 5.41) is 10.7. The third-order valence-electron chi connectivity index (χ3n) is 4.76. The highest BCUT2D eigenvalue weighted by Crippen LogP contribution is 2.38. The summed E-state index contributed by atoms with van der Waals surface area (Å²) < 4.78 is 44.1. The van der Waals surface area contributed by atoms with Crippen molar-refractivity contribution < 1.29 is 23.0 Å². The average molecular weight is 388 g/mol. The second-order valence-electron chi connectivity index (χ2n) is 6.41. The molecule has 3 aromatic rings. The van der Waals surface area contributed by atoms with Gasteiger partial charge < -0.3 is 9.84 Å². The Bertz CT molecular complexity index is 989. The van der Waals surface area contributed by atoms with Crippen LogP contribution in [0, 0.1) is 13.8 Å². The van der Waals surface area contributed by atoms with E-state index in [2.05, 4.69) is 9.97 Å².